The zero-order chi connectivity index (χ0) is 19.6. The van der Waals surface area contributed by atoms with Gasteiger partial charge in [0, 0.05) is 19.6 Å². The van der Waals surface area contributed by atoms with Crippen molar-refractivity contribution >= 4 is 11.6 Å². The molecule has 1 saturated heterocycles. The minimum atomic E-state index is -4.47. The number of hydrogen-bond acceptors (Lipinski definition) is 2. The second kappa shape index (κ2) is 8.21. The van der Waals surface area contributed by atoms with Crippen LogP contribution in [-0.2, 0) is 6.18 Å². The summed E-state index contributed by atoms with van der Waals surface area (Å²) in [4.78, 5) is 2.27. The fourth-order valence-corrected chi connectivity index (χ4v) is 3.92. The molecule has 6 heteroatoms. The zero-order valence-electron chi connectivity index (χ0n) is 15.5. The molecule has 2 aromatic carbocycles. The third-order valence-corrected chi connectivity index (χ3v) is 5.41. The summed E-state index contributed by atoms with van der Waals surface area (Å²) in [5.41, 5.74) is 3.07. The number of nitrogens with zero attached hydrogens (tertiary/aromatic N) is 1. The molecule has 0 spiro atoms. The molecule has 0 amide bonds. The number of rotatable bonds is 3. The highest BCUT2D eigenvalue weighted by molar-refractivity contribution is 6.31. The summed E-state index contributed by atoms with van der Waals surface area (Å²) in [5.74, 6) is 0. The first-order valence-electron chi connectivity index (χ1n) is 9.16. The first-order chi connectivity index (χ1) is 12.8. The van der Waals surface area contributed by atoms with Gasteiger partial charge in [0.2, 0.25) is 0 Å². The van der Waals surface area contributed by atoms with Crippen LogP contribution < -0.4 is 5.32 Å². The summed E-state index contributed by atoms with van der Waals surface area (Å²) < 4.78 is 40.3. The van der Waals surface area contributed by atoms with Gasteiger partial charge in [-0.3, -0.25) is 4.90 Å². The van der Waals surface area contributed by atoms with Crippen LogP contribution in [0.4, 0.5) is 13.2 Å². The second-order valence-electron chi connectivity index (χ2n) is 7.14. The minimum Gasteiger partial charge on any atom is -0.315 e. The Morgan fingerprint density at radius 1 is 1.04 bits per heavy atom. The lowest BCUT2D eigenvalue weighted by Crippen LogP contribution is -2.33. The predicted octanol–water partition coefficient (Wildman–Crippen LogP) is 5.36. The molecular weight excluding hydrogens is 373 g/mol. The molecule has 1 atom stereocenters. The lowest BCUT2D eigenvalue weighted by Gasteiger charge is -2.33. The number of aryl methyl sites for hydroxylation is 2. The predicted molar refractivity (Wildman–Crippen MR) is 103 cm³/mol. The molecule has 1 heterocycles. The summed E-state index contributed by atoms with van der Waals surface area (Å²) in [6.45, 7) is 7.37. The molecule has 27 heavy (non-hydrogen) atoms. The van der Waals surface area contributed by atoms with Gasteiger partial charge in [0.25, 0.3) is 0 Å². The van der Waals surface area contributed by atoms with Crippen molar-refractivity contribution in [2.45, 2.75) is 32.5 Å². The number of halogens is 4. The van der Waals surface area contributed by atoms with Crippen LogP contribution in [0.1, 0.15) is 40.3 Å². The van der Waals surface area contributed by atoms with Crippen molar-refractivity contribution in [3.8, 4) is 0 Å². The lowest BCUT2D eigenvalue weighted by molar-refractivity contribution is -0.137. The normalized spacial score (nSPS) is 17.6. The van der Waals surface area contributed by atoms with Gasteiger partial charge in [0.1, 0.15) is 0 Å². The van der Waals surface area contributed by atoms with E-state index in [1.165, 1.54) is 12.1 Å². The van der Waals surface area contributed by atoms with Gasteiger partial charge in [-0.2, -0.15) is 13.2 Å². The Hall–Kier alpha value is -1.56. The first-order valence-corrected chi connectivity index (χ1v) is 9.54. The van der Waals surface area contributed by atoms with E-state index in [9.17, 15) is 13.2 Å². The van der Waals surface area contributed by atoms with Gasteiger partial charge in [0.05, 0.1) is 16.6 Å². The molecule has 0 bridgehead atoms. The smallest absolute Gasteiger partial charge is 0.315 e. The molecule has 146 valence electrons. The molecule has 0 aliphatic carbocycles. The zero-order valence-corrected chi connectivity index (χ0v) is 16.3. The quantitative estimate of drug-likeness (QED) is 0.751. The number of hydrogen-bond donors (Lipinski definition) is 1. The van der Waals surface area contributed by atoms with Gasteiger partial charge >= 0.3 is 6.18 Å². The van der Waals surface area contributed by atoms with Crippen molar-refractivity contribution in [3.05, 3.63) is 69.2 Å². The van der Waals surface area contributed by atoms with Crippen LogP contribution in [0.15, 0.2) is 36.4 Å². The molecule has 1 N–H and O–H groups in total. The Kier molecular flexibility index (Phi) is 6.14. The third kappa shape index (κ3) is 4.65. The van der Waals surface area contributed by atoms with Gasteiger partial charge in [-0.25, -0.2) is 0 Å². The van der Waals surface area contributed by atoms with Crippen molar-refractivity contribution in [2.24, 2.45) is 0 Å². The van der Waals surface area contributed by atoms with Crippen molar-refractivity contribution in [2.75, 3.05) is 26.2 Å². The van der Waals surface area contributed by atoms with Gasteiger partial charge < -0.3 is 5.32 Å². The van der Waals surface area contributed by atoms with Gasteiger partial charge in [0.15, 0.2) is 0 Å². The van der Waals surface area contributed by atoms with E-state index >= 15 is 0 Å². The standard InChI is InChI=1S/C21H24ClF3N2/c1-14-4-5-15(2)17(12-14)20(27-10-3-8-26-9-11-27)16-6-7-19(22)18(13-16)21(23,24)25/h4-7,12-13,20,26H,3,8-11H2,1-2H3. The van der Waals surface area contributed by atoms with Crippen LogP contribution >= 0.6 is 11.6 Å². The Bertz CT molecular complexity index is 796. The summed E-state index contributed by atoms with van der Waals surface area (Å²) >= 11 is 5.86. The van der Waals surface area contributed by atoms with Crippen LogP contribution in [0.3, 0.4) is 0 Å². The van der Waals surface area contributed by atoms with E-state index in [1.54, 1.807) is 6.07 Å². The SMILES string of the molecule is Cc1ccc(C)c(C(c2ccc(Cl)c(C(F)(F)F)c2)N2CCCNCC2)c1. The highest BCUT2D eigenvalue weighted by Gasteiger charge is 2.35. The molecule has 1 unspecified atom stereocenters. The number of nitrogens with one attached hydrogen (secondary N) is 1. The van der Waals surface area contributed by atoms with E-state index in [4.69, 9.17) is 11.6 Å². The fourth-order valence-electron chi connectivity index (χ4n) is 3.70. The van der Waals surface area contributed by atoms with E-state index in [-0.39, 0.29) is 11.1 Å². The summed E-state index contributed by atoms with van der Waals surface area (Å²) in [7, 11) is 0. The van der Waals surface area contributed by atoms with Crippen molar-refractivity contribution in [1.29, 1.82) is 0 Å². The summed E-state index contributed by atoms with van der Waals surface area (Å²) in [6, 6.07) is 10.2. The maximum absolute atomic E-state index is 13.4. The highest BCUT2D eigenvalue weighted by atomic mass is 35.5. The van der Waals surface area contributed by atoms with Crippen molar-refractivity contribution in [3.63, 3.8) is 0 Å². The van der Waals surface area contributed by atoms with E-state index in [1.807, 2.05) is 26.0 Å². The second-order valence-corrected chi connectivity index (χ2v) is 7.55. The van der Waals surface area contributed by atoms with Crippen LogP contribution in [0, 0.1) is 13.8 Å². The number of alkyl halides is 3. The monoisotopic (exact) mass is 396 g/mol. The van der Waals surface area contributed by atoms with Crippen LogP contribution in [0.25, 0.3) is 0 Å². The molecule has 1 aliphatic rings. The Morgan fingerprint density at radius 2 is 1.81 bits per heavy atom. The first kappa shape index (κ1) is 20.2. The van der Waals surface area contributed by atoms with Gasteiger partial charge in [-0.15, -0.1) is 0 Å². The van der Waals surface area contributed by atoms with E-state index in [0.717, 1.165) is 49.3 Å². The molecule has 1 aliphatic heterocycles. The number of benzene rings is 2. The molecule has 2 nitrogen and oxygen atoms in total. The Balaban J connectivity index is 2.13. The van der Waals surface area contributed by atoms with Gasteiger partial charge in [-0.1, -0.05) is 41.4 Å². The van der Waals surface area contributed by atoms with Crippen molar-refractivity contribution in [1.82, 2.24) is 10.2 Å². The molecular formula is C21H24ClF3N2. The van der Waals surface area contributed by atoms with E-state index < -0.39 is 11.7 Å². The minimum absolute atomic E-state index is 0.233. The van der Waals surface area contributed by atoms with Crippen LogP contribution in [-0.4, -0.2) is 31.1 Å². The molecule has 3 rings (SSSR count). The average molecular weight is 397 g/mol. The maximum atomic E-state index is 13.4. The Labute approximate surface area is 163 Å². The largest absolute Gasteiger partial charge is 0.417 e. The summed E-state index contributed by atoms with van der Waals surface area (Å²) in [6.07, 6.45) is -3.51. The Morgan fingerprint density at radius 3 is 2.56 bits per heavy atom. The topological polar surface area (TPSA) is 15.3 Å². The molecule has 0 saturated carbocycles. The maximum Gasteiger partial charge on any atom is 0.417 e. The molecule has 1 fully saturated rings. The molecule has 0 aromatic heterocycles. The van der Waals surface area contributed by atoms with Gasteiger partial charge in [-0.05, 0) is 55.6 Å². The van der Waals surface area contributed by atoms with Crippen molar-refractivity contribution < 1.29 is 13.2 Å². The summed E-state index contributed by atoms with van der Waals surface area (Å²) in [5, 5.41) is 3.10. The molecule has 2 aromatic rings. The highest BCUT2D eigenvalue weighted by Crippen LogP contribution is 2.39. The van der Waals surface area contributed by atoms with Crippen LogP contribution in [0.5, 0.6) is 0 Å². The molecule has 0 radical (unpaired) electrons. The van der Waals surface area contributed by atoms with Crippen LogP contribution in [0.2, 0.25) is 5.02 Å². The lowest BCUT2D eigenvalue weighted by atomic mass is 9.91. The fraction of sp³-hybridized carbons (Fsp3) is 0.429. The van der Waals surface area contributed by atoms with E-state index in [2.05, 4.69) is 16.3 Å². The third-order valence-electron chi connectivity index (χ3n) is 5.08. The van der Waals surface area contributed by atoms with E-state index in [0.29, 0.717) is 5.56 Å². The average Bonchev–Trinajstić information content (AvgIpc) is 2.88.